The van der Waals surface area contributed by atoms with Crippen molar-refractivity contribution in [3.63, 3.8) is 0 Å². The number of hydrogen-bond donors (Lipinski definition) is 3. The molecule has 0 radical (unpaired) electrons. The van der Waals surface area contributed by atoms with Crippen molar-refractivity contribution in [2.45, 2.75) is 13.0 Å². The van der Waals surface area contributed by atoms with E-state index in [1.807, 2.05) is 30.5 Å². The maximum absolute atomic E-state index is 9.56. The Labute approximate surface area is 139 Å². The van der Waals surface area contributed by atoms with E-state index in [4.69, 9.17) is 0 Å². The summed E-state index contributed by atoms with van der Waals surface area (Å²) in [6, 6.07) is 9.99. The molecule has 120 valence electrons. The smallest absolute Gasteiger partial charge is 0.0794 e. The van der Waals surface area contributed by atoms with E-state index >= 15 is 0 Å². The van der Waals surface area contributed by atoms with Crippen molar-refractivity contribution < 1.29 is 5.11 Å². The first-order valence-corrected chi connectivity index (χ1v) is 8.52. The molecule has 0 aliphatic heterocycles. The number of aromatic nitrogens is 3. The third kappa shape index (κ3) is 4.25. The first kappa shape index (κ1) is 15.9. The van der Waals surface area contributed by atoms with E-state index < -0.39 is 0 Å². The van der Waals surface area contributed by atoms with Crippen LogP contribution in [-0.2, 0) is 13.0 Å². The van der Waals surface area contributed by atoms with Gasteiger partial charge in [0.15, 0.2) is 0 Å². The number of aliphatic hydroxyl groups excluding tert-OH is 1. The summed E-state index contributed by atoms with van der Waals surface area (Å²) in [7, 11) is 0. The van der Waals surface area contributed by atoms with Crippen LogP contribution in [0.4, 0.5) is 0 Å². The van der Waals surface area contributed by atoms with Crippen LogP contribution >= 0.6 is 11.3 Å². The SMILES string of the molecule is OCC(CNCc1cn[nH]c1-c1cccs1)Cc1ccccn1. The van der Waals surface area contributed by atoms with Crippen LogP contribution in [-0.4, -0.2) is 33.4 Å². The average Bonchev–Trinajstić information content (AvgIpc) is 3.26. The Hall–Kier alpha value is -2.02. The van der Waals surface area contributed by atoms with Gasteiger partial charge in [0.1, 0.15) is 0 Å². The summed E-state index contributed by atoms with van der Waals surface area (Å²) in [5.74, 6) is 0.155. The number of H-pyrrole nitrogens is 1. The van der Waals surface area contributed by atoms with Gasteiger partial charge >= 0.3 is 0 Å². The third-order valence-corrected chi connectivity index (χ3v) is 4.60. The van der Waals surface area contributed by atoms with Crippen LogP contribution in [0.2, 0.25) is 0 Å². The molecule has 3 aromatic rings. The number of nitrogens with zero attached hydrogens (tertiary/aromatic N) is 2. The molecule has 0 bridgehead atoms. The first-order valence-electron chi connectivity index (χ1n) is 7.64. The maximum Gasteiger partial charge on any atom is 0.0794 e. The van der Waals surface area contributed by atoms with Crippen LogP contribution in [0.3, 0.4) is 0 Å². The highest BCUT2D eigenvalue weighted by atomic mass is 32.1. The molecule has 3 N–H and O–H groups in total. The predicted molar refractivity (Wildman–Crippen MR) is 92.1 cm³/mol. The fraction of sp³-hybridized carbons (Fsp3) is 0.294. The standard InChI is InChI=1S/C17H20N4OS/c22-12-13(8-15-4-1-2-6-19-15)9-18-10-14-11-20-21-17(14)16-5-3-7-23-16/h1-7,11,13,18,22H,8-10,12H2,(H,20,21). The summed E-state index contributed by atoms with van der Waals surface area (Å²) in [5.41, 5.74) is 3.22. The van der Waals surface area contributed by atoms with Crippen molar-refractivity contribution in [2.75, 3.05) is 13.2 Å². The molecule has 0 aromatic carbocycles. The first-order chi connectivity index (χ1) is 11.4. The maximum atomic E-state index is 9.56. The van der Waals surface area contributed by atoms with Gasteiger partial charge in [0, 0.05) is 37.2 Å². The molecule has 3 aromatic heterocycles. The summed E-state index contributed by atoms with van der Waals surface area (Å²) >= 11 is 1.69. The van der Waals surface area contributed by atoms with Crippen LogP contribution in [0.1, 0.15) is 11.3 Å². The quantitative estimate of drug-likeness (QED) is 0.594. The van der Waals surface area contributed by atoms with Crippen molar-refractivity contribution in [1.29, 1.82) is 0 Å². The molecule has 0 saturated heterocycles. The molecule has 3 rings (SSSR count). The van der Waals surface area contributed by atoms with E-state index in [1.54, 1.807) is 17.5 Å². The average molecular weight is 328 g/mol. The number of hydrogen-bond acceptors (Lipinski definition) is 5. The number of thiophene rings is 1. The van der Waals surface area contributed by atoms with Gasteiger partial charge in [-0.1, -0.05) is 12.1 Å². The van der Waals surface area contributed by atoms with Gasteiger partial charge in [-0.05, 0) is 35.9 Å². The van der Waals surface area contributed by atoms with Crippen molar-refractivity contribution in [3.8, 4) is 10.6 Å². The van der Waals surface area contributed by atoms with Crippen molar-refractivity contribution in [1.82, 2.24) is 20.5 Å². The fourth-order valence-corrected chi connectivity index (χ4v) is 3.26. The van der Waals surface area contributed by atoms with Crippen LogP contribution in [0.25, 0.3) is 10.6 Å². The molecule has 0 amide bonds. The Balaban J connectivity index is 1.54. The largest absolute Gasteiger partial charge is 0.396 e. The molecule has 5 nitrogen and oxygen atoms in total. The molecule has 0 spiro atoms. The van der Waals surface area contributed by atoms with Crippen LogP contribution in [0.15, 0.2) is 48.1 Å². The van der Waals surface area contributed by atoms with Gasteiger partial charge in [0.2, 0.25) is 0 Å². The lowest BCUT2D eigenvalue weighted by Crippen LogP contribution is -2.26. The highest BCUT2D eigenvalue weighted by molar-refractivity contribution is 7.13. The Kier molecular flexibility index (Phi) is 5.52. The van der Waals surface area contributed by atoms with Gasteiger partial charge in [0.25, 0.3) is 0 Å². The minimum absolute atomic E-state index is 0.146. The monoisotopic (exact) mass is 328 g/mol. The van der Waals surface area contributed by atoms with Gasteiger partial charge in [0.05, 0.1) is 16.8 Å². The lowest BCUT2D eigenvalue weighted by molar-refractivity contribution is 0.220. The van der Waals surface area contributed by atoms with Crippen LogP contribution < -0.4 is 5.32 Å². The highest BCUT2D eigenvalue weighted by Crippen LogP contribution is 2.25. The van der Waals surface area contributed by atoms with Crippen LogP contribution in [0, 0.1) is 5.92 Å². The zero-order valence-electron chi connectivity index (χ0n) is 12.8. The topological polar surface area (TPSA) is 73.8 Å². The molecule has 1 unspecified atom stereocenters. The highest BCUT2D eigenvalue weighted by Gasteiger charge is 2.11. The van der Waals surface area contributed by atoms with E-state index in [2.05, 4.69) is 31.9 Å². The molecule has 1 atom stereocenters. The Morgan fingerprint density at radius 1 is 1.26 bits per heavy atom. The van der Waals surface area contributed by atoms with Crippen molar-refractivity contribution >= 4 is 11.3 Å². The summed E-state index contributed by atoms with van der Waals surface area (Å²) < 4.78 is 0. The van der Waals surface area contributed by atoms with E-state index in [0.29, 0.717) is 0 Å². The zero-order chi connectivity index (χ0) is 15.9. The lowest BCUT2D eigenvalue weighted by atomic mass is 10.0. The summed E-state index contributed by atoms with van der Waals surface area (Å²) in [6.45, 7) is 1.61. The molecule has 23 heavy (non-hydrogen) atoms. The van der Waals surface area contributed by atoms with E-state index in [0.717, 1.165) is 36.5 Å². The number of aliphatic hydroxyl groups is 1. The molecule has 3 heterocycles. The normalized spacial score (nSPS) is 12.4. The van der Waals surface area contributed by atoms with E-state index in [-0.39, 0.29) is 12.5 Å². The Bertz CT molecular complexity index is 696. The van der Waals surface area contributed by atoms with Crippen molar-refractivity contribution in [3.05, 3.63) is 59.4 Å². The molecule has 0 aliphatic rings. The van der Waals surface area contributed by atoms with Crippen LogP contribution in [0.5, 0.6) is 0 Å². The summed E-state index contributed by atoms with van der Waals surface area (Å²) in [6.07, 6.45) is 4.41. The van der Waals surface area contributed by atoms with Gasteiger partial charge in [-0.3, -0.25) is 10.1 Å². The molecular weight excluding hydrogens is 308 g/mol. The minimum atomic E-state index is 0.146. The third-order valence-electron chi connectivity index (χ3n) is 3.72. The molecule has 0 fully saturated rings. The van der Waals surface area contributed by atoms with Gasteiger partial charge in [-0.2, -0.15) is 5.10 Å². The molecule has 0 aliphatic carbocycles. The van der Waals surface area contributed by atoms with E-state index in [1.165, 1.54) is 4.88 Å². The Morgan fingerprint density at radius 2 is 2.22 bits per heavy atom. The van der Waals surface area contributed by atoms with Gasteiger partial charge in [-0.25, -0.2) is 0 Å². The lowest BCUT2D eigenvalue weighted by Gasteiger charge is -2.14. The Morgan fingerprint density at radius 3 is 2.96 bits per heavy atom. The number of pyridine rings is 1. The summed E-state index contributed by atoms with van der Waals surface area (Å²) in [4.78, 5) is 5.51. The molecular formula is C17H20N4OS. The second kappa shape index (κ2) is 8.01. The number of rotatable bonds is 8. The molecule has 6 heteroatoms. The van der Waals surface area contributed by atoms with Gasteiger partial charge < -0.3 is 10.4 Å². The minimum Gasteiger partial charge on any atom is -0.396 e. The van der Waals surface area contributed by atoms with E-state index in [9.17, 15) is 5.11 Å². The van der Waals surface area contributed by atoms with Crippen molar-refractivity contribution in [2.24, 2.45) is 5.92 Å². The van der Waals surface area contributed by atoms with Gasteiger partial charge in [-0.15, -0.1) is 11.3 Å². The second-order valence-electron chi connectivity index (χ2n) is 5.45. The molecule has 0 saturated carbocycles. The fourth-order valence-electron chi connectivity index (χ4n) is 2.51. The summed E-state index contributed by atoms with van der Waals surface area (Å²) in [5, 5.41) is 22.2. The number of nitrogens with one attached hydrogen (secondary N) is 2. The zero-order valence-corrected chi connectivity index (χ0v) is 13.6. The number of aromatic amines is 1. The second-order valence-corrected chi connectivity index (χ2v) is 6.40. The predicted octanol–water partition coefficient (Wildman–Crippen LogP) is 2.47.